The van der Waals surface area contributed by atoms with Crippen LogP contribution in [0.25, 0.3) is 34.1 Å². The first-order chi connectivity index (χ1) is 11.5. The van der Waals surface area contributed by atoms with E-state index in [1.54, 1.807) is 16.9 Å². The maximum Gasteiger partial charge on any atom is 1.00 e. The standard InChI is InChI=1S/C15H12FN8.Na/c1-8(17)9-3-10(12-5-18-7-24(12)6-9)14-20-15(22-21-14)13-11(16)4-19-23(13)2;/h3-7H,1-2,17H2,(H,20,21,22);/q-1;+1. The van der Waals surface area contributed by atoms with Crippen molar-refractivity contribution in [3.8, 4) is 22.9 Å². The van der Waals surface area contributed by atoms with Crippen LogP contribution in [0.5, 0.6) is 0 Å². The van der Waals surface area contributed by atoms with Gasteiger partial charge in [0.25, 0.3) is 0 Å². The van der Waals surface area contributed by atoms with Crippen LogP contribution in [0.15, 0.2) is 37.6 Å². The fraction of sp³-hybridized carbons (Fsp3) is 0. The monoisotopic (exact) mass is 346 g/mol. The zero-order valence-electron chi connectivity index (χ0n) is 13.4. The van der Waals surface area contributed by atoms with Crippen LogP contribution in [0.3, 0.4) is 0 Å². The minimum absolute atomic E-state index is 0. The molecule has 0 radical (unpaired) electrons. The molecule has 0 saturated carbocycles. The first-order valence-electron chi connectivity index (χ1n) is 6.92. The molecule has 25 heavy (non-hydrogen) atoms. The molecule has 0 aliphatic rings. The molecule has 0 amide bonds. The molecule has 0 aliphatic heterocycles. The Morgan fingerprint density at radius 2 is 2.16 bits per heavy atom. The molecule has 0 fully saturated rings. The molecule has 4 rings (SSSR count). The summed E-state index contributed by atoms with van der Waals surface area (Å²) in [6.07, 6.45) is 6.20. The second kappa shape index (κ2) is 6.36. The van der Waals surface area contributed by atoms with Gasteiger partial charge < -0.3 is 14.8 Å². The van der Waals surface area contributed by atoms with Crippen LogP contribution < -0.4 is 35.3 Å². The third-order valence-corrected chi connectivity index (χ3v) is 3.64. The zero-order valence-corrected chi connectivity index (χ0v) is 15.4. The van der Waals surface area contributed by atoms with Crippen molar-refractivity contribution in [1.29, 1.82) is 0 Å². The third-order valence-electron chi connectivity index (χ3n) is 3.64. The molecule has 0 spiro atoms. The molecule has 0 atom stereocenters. The number of imidazole rings is 1. The van der Waals surface area contributed by atoms with Crippen LogP contribution >= 0.6 is 0 Å². The van der Waals surface area contributed by atoms with E-state index >= 15 is 0 Å². The van der Waals surface area contributed by atoms with E-state index < -0.39 is 5.82 Å². The van der Waals surface area contributed by atoms with Crippen molar-refractivity contribution in [2.45, 2.75) is 0 Å². The molecule has 10 heteroatoms. The van der Waals surface area contributed by atoms with Gasteiger partial charge in [-0.3, -0.25) is 5.10 Å². The Balaban J connectivity index is 0.00000182. The van der Waals surface area contributed by atoms with Gasteiger partial charge in [-0.2, -0.15) is 12.1 Å². The van der Waals surface area contributed by atoms with Crippen LogP contribution in [0, 0.1) is 12.9 Å². The van der Waals surface area contributed by atoms with Crippen LogP contribution in [-0.2, 0) is 0 Å². The smallest absolute Gasteiger partial charge is 0.399 e. The van der Waals surface area contributed by atoms with Crippen molar-refractivity contribution in [3.63, 3.8) is 0 Å². The third kappa shape index (κ3) is 2.82. The summed E-state index contributed by atoms with van der Waals surface area (Å²) in [5.41, 5.74) is 8.52. The van der Waals surface area contributed by atoms with E-state index in [9.17, 15) is 4.39 Å². The van der Waals surface area contributed by atoms with Gasteiger partial charge in [-0.25, -0.2) is 19.5 Å². The second-order valence-corrected chi connectivity index (χ2v) is 5.20. The second-order valence-electron chi connectivity index (χ2n) is 5.20. The Bertz CT molecular complexity index is 1060. The van der Waals surface area contributed by atoms with Gasteiger partial charge in [0, 0.05) is 23.0 Å². The van der Waals surface area contributed by atoms with E-state index in [0.717, 1.165) is 22.0 Å². The van der Waals surface area contributed by atoms with Gasteiger partial charge in [0.2, 0.25) is 0 Å². The van der Waals surface area contributed by atoms with Crippen LogP contribution in [0.4, 0.5) is 4.39 Å². The summed E-state index contributed by atoms with van der Waals surface area (Å²) in [7, 11) is 3.61. The quantitative estimate of drug-likeness (QED) is 0.354. The van der Waals surface area contributed by atoms with E-state index in [1.165, 1.54) is 0 Å². The maximum atomic E-state index is 13.8. The molecular weight excluding hydrogens is 334 g/mol. The van der Waals surface area contributed by atoms with Crippen molar-refractivity contribution in [3.05, 3.63) is 56.0 Å². The van der Waals surface area contributed by atoms with E-state index in [4.69, 9.17) is 5.73 Å². The van der Waals surface area contributed by atoms with Gasteiger partial charge in [-0.05, 0) is 11.8 Å². The number of fused-ring (bicyclic) bond motifs is 1. The predicted octanol–water partition coefficient (Wildman–Crippen LogP) is -1.30. The Kier molecular flexibility index (Phi) is 4.38. The number of aromatic nitrogens is 7. The SMILES string of the molecule is C=C(N)c1cc(-c2n[nH]c(-c3c(F)cnn3[CH2-])n2)c2cncn2c1.[Na+]. The number of pyridine rings is 1. The molecule has 0 unspecified atom stereocenters. The molecule has 0 bridgehead atoms. The van der Waals surface area contributed by atoms with Gasteiger partial charge in [0.05, 0.1) is 35.9 Å². The number of aromatic amines is 1. The average Bonchev–Trinajstić information content (AvgIpc) is 3.26. The van der Waals surface area contributed by atoms with E-state index in [0.29, 0.717) is 17.1 Å². The van der Waals surface area contributed by atoms with E-state index in [2.05, 4.69) is 38.9 Å². The number of nitrogens with one attached hydrogen (secondary N) is 1. The Hall–Kier alpha value is -2.62. The van der Waals surface area contributed by atoms with Gasteiger partial charge in [-0.1, -0.05) is 6.58 Å². The Morgan fingerprint density at radius 1 is 1.36 bits per heavy atom. The topological polar surface area (TPSA) is 103 Å². The number of nitrogens with two attached hydrogens (primary N) is 1. The summed E-state index contributed by atoms with van der Waals surface area (Å²) in [5.74, 6) is 0.0649. The van der Waals surface area contributed by atoms with Crippen molar-refractivity contribution in [2.24, 2.45) is 5.73 Å². The molecule has 120 valence electrons. The number of halogens is 1. The summed E-state index contributed by atoms with van der Waals surface area (Å²) in [5, 5.41) is 10.6. The number of H-pyrrole nitrogens is 1. The molecule has 4 aromatic heterocycles. The van der Waals surface area contributed by atoms with E-state index in [-0.39, 0.29) is 41.1 Å². The molecular formula is C15H12FN8Na. The molecule has 0 aromatic carbocycles. The van der Waals surface area contributed by atoms with Crippen molar-refractivity contribution in [2.75, 3.05) is 0 Å². The summed E-state index contributed by atoms with van der Waals surface area (Å²) in [6, 6.07) is 1.81. The molecule has 4 aromatic rings. The normalized spacial score (nSPS) is 10.8. The first-order valence-corrected chi connectivity index (χ1v) is 6.92. The molecule has 0 saturated heterocycles. The van der Waals surface area contributed by atoms with E-state index in [1.807, 2.05) is 12.3 Å². The molecule has 8 nitrogen and oxygen atoms in total. The fourth-order valence-electron chi connectivity index (χ4n) is 2.47. The number of nitrogens with zero attached hydrogens (tertiary/aromatic N) is 6. The van der Waals surface area contributed by atoms with Crippen LogP contribution in [-0.4, -0.2) is 34.3 Å². The van der Waals surface area contributed by atoms with Gasteiger partial charge in [-0.15, -0.1) is 0 Å². The summed E-state index contributed by atoms with van der Waals surface area (Å²) >= 11 is 0. The average molecular weight is 346 g/mol. The molecule has 4 heterocycles. The van der Waals surface area contributed by atoms with Gasteiger partial charge in [0.15, 0.2) is 5.82 Å². The molecule has 3 N–H and O–H groups in total. The minimum Gasteiger partial charge on any atom is -0.399 e. The zero-order chi connectivity index (χ0) is 16.8. The summed E-state index contributed by atoms with van der Waals surface area (Å²) in [6.45, 7) is 3.75. The molecule has 0 aliphatic carbocycles. The van der Waals surface area contributed by atoms with Crippen LogP contribution in [0.2, 0.25) is 0 Å². The van der Waals surface area contributed by atoms with Crippen molar-refractivity contribution >= 4 is 11.2 Å². The van der Waals surface area contributed by atoms with Crippen molar-refractivity contribution in [1.82, 2.24) is 34.3 Å². The number of hydrogen-bond acceptors (Lipinski definition) is 5. The van der Waals surface area contributed by atoms with Crippen molar-refractivity contribution < 1.29 is 33.9 Å². The summed E-state index contributed by atoms with van der Waals surface area (Å²) in [4.78, 5) is 8.47. The summed E-state index contributed by atoms with van der Waals surface area (Å²) < 4.78 is 16.8. The Morgan fingerprint density at radius 3 is 2.84 bits per heavy atom. The van der Waals surface area contributed by atoms with Gasteiger partial charge in [0.1, 0.15) is 0 Å². The largest absolute Gasteiger partial charge is 1.00 e. The first kappa shape index (κ1) is 17.2. The minimum atomic E-state index is -0.536. The predicted molar refractivity (Wildman–Crippen MR) is 85.7 cm³/mol. The number of hydrogen-bond donors (Lipinski definition) is 2. The van der Waals surface area contributed by atoms with Crippen LogP contribution in [0.1, 0.15) is 5.56 Å². The van der Waals surface area contributed by atoms with Gasteiger partial charge >= 0.3 is 29.6 Å². The number of rotatable bonds is 3. The Labute approximate surface area is 163 Å². The maximum absolute atomic E-state index is 13.8. The fourth-order valence-corrected chi connectivity index (χ4v) is 2.47.